The maximum absolute atomic E-state index is 12.3. The number of nitrogens with one attached hydrogen (secondary N) is 1. The van der Waals surface area contributed by atoms with Crippen LogP contribution in [0.1, 0.15) is 23.6 Å². The second-order valence-corrected chi connectivity index (χ2v) is 6.82. The molecule has 1 fully saturated rings. The lowest BCUT2D eigenvalue weighted by Gasteiger charge is -2.20. The Morgan fingerprint density at radius 2 is 1.43 bits per heavy atom. The van der Waals surface area contributed by atoms with Crippen LogP contribution < -0.4 is 5.32 Å². The zero-order valence-corrected chi connectivity index (χ0v) is 12.8. The smallest absolute Gasteiger partial charge is 0.227 e. The van der Waals surface area contributed by atoms with Gasteiger partial charge in [-0.1, -0.05) is 60.7 Å². The van der Waals surface area contributed by atoms with Crippen LogP contribution in [0.25, 0.3) is 0 Å². The summed E-state index contributed by atoms with van der Waals surface area (Å²) in [7, 11) is 0. The summed E-state index contributed by atoms with van der Waals surface area (Å²) < 4.78 is -0.901. The molecule has 1 aliphatic carbocycles. The van der Waals surface area contributed by atoms with Crippen LogP contribution in [0.5, 0.6) is 0 Å². The van der Waals surface area contributed by atoms with Crippen LogP contribution in [0, 0.1) is 5.92 Å². The number of halogens is 2. The maximum atomic E-state index is 12.3. The molecule has 2 aromatic carbocycles. The van der Waals surface area contributed by atoms with Gasteiger partial charge in [0, 0.05) is 0 Å². The Labute approximate surface area is 134 Å². The molecule has 2 nitrogen and oxygen atoms in total. The summed E-state index contributed by atoms with van der Waals surface area (Å²) in [5.41, 5.74) is 2.07. The van der Waals surface area contributed by atoms with Gasteiger partial charge in [0.05, 0.1) is 12.0 Å². The molecule has 0 radical (unpaired) electrons. The van der Waals surface area contributed by atoms with E-state index in [4.69, 9.17) is 23.2 Å². The summed E-state index contributed by atoms with van der Waals surface area (Å²) in [5.74, 6) is -0.423. The normalized spacial score (nSPS) is 19.3. The lowest BCUT2D eigenvalue weighted by atomic mass is 9.98. The van der Waals surface area contributed by atoms with Gasteiger partial charge in [-0.2, -0.15) is 0 Å². The topological polar surface area (TPSA) is 29.1 Å². The van der Waals surface area contributed by atoms with Crippen LogP contribution >= 0.6 is 23.2 Å². The van der Waals surface area contributed by atoms with Gasteiger partial charge in [0.25, 0.3) is 0 Å². The van der Waals surface area contributed by atoms with Crippen LogP contribution in [-0.4, -0.2) is 10.2 Å². The van der Waals surface area contributed by atoms with E-state index in [0.29, 0.717) is 6.42 Å². The molecule has 2 aromatic rings. The minimum Gasteiger partial charge on any atom is -0.345 e. The van der Waals surface area contributed by atoms with E-state index in [1.165, 1.54) is 0 Å². The lowest BCUT2D eigenvalue weighted by Crippen LogP contribution is -2.31. The first-order valence-corrected chi connectivity index (χ1v) is 7.61. The monoisotopic (exact) mass is 319 g/mol. The van der Waals surface area contributed by atoms with Gasteiger partial charge in [0.1, 0.15) is 4.33 Å². The number of amides is 1. The molecule has 0 heterocycles. The Hall–Kier alpha value is -1.51. The molecule has 1 amide bonds. The average Bonchev–Trinajstić information content (AvgIpc) is 3.15. The highest BCUT2D eigenvalue weighted by atomic mass is 35.5. The molecule has 1 atom stereocenters. The Morgan fingerprint density at radius 1 is 1.00 bits per heavy atom. The van der Waals surface area contributed by atoms with Gasteiger partial charge in [-0.3, -0.25) is 4.79 Å². The molecule has 1 N–H and O–H groups in total. The van der Waals surface area contributed by atoms with Crippen molar-refractivity contribution < 1.29 is 4.79 Å². The van der Waals surface area contributed by atoms with Gasteiger partial charge in [-0.05, 0) is 17.5 Å². The highest BCUT2D eigenvalue weighted by Gasteiger charge is 2.56. The third-order valence-corrected chi connectivity index (χ3v) is 4.53. The van der Waals surface area contributed by atoms with E-state index in [-0.39, 0.29) is 17.9 Å². The quantitative estimate of drug-likeness (QED) is 0.845. The number of rotatable bonds is 4. The Bertz CT molecular complexity index is 588. The Kier molecular flexibility index (Phi) is 3.92. The molecule has 21 heavy (non-hydrogen) atoms. The Balaban J connectivity index is 1.85. The molecule has 0 aliphatic heterocycles. The predicted octanol–water partition coefficient (Wildman–Crippen LogP) is 4.09. The minimum absolute atomic E-state index is 0.0993. The van der Waals surface area contributed by atoms with Crippen LogP contribution in [0.3, 0.4) is 0 Å². The first kappa shape index (κ1) is 14.4. The zero-order chi connectivity index (χ0) is 14.9. The summed E-state index contributed by atoms with van der Waals surface area (Å²) in [6.45, 7) is 0. The van der Waals surface area contributed by atoms with Crippen molar-refractivity contribution in [3.05, 3.63) is 71.8 Å². The lowest BCUT2D eigenvalue weighted by molar-refractivity contribution is -0.122. The van der Waals surface area contributed by atoms with Gasteiger partial charge in [0.2, 0.25) is 5.91 Å². The fourth-order valence-corrected chi connectivity index (χ4v) is 2.90. The molecule has 1 aliphatic rings. The van der Waals surface area contributed by atoms with Crippen molar-refractivity contribution >= 4 is 29.1 Å². The number of hydrogen-bond acceptors (Lipinski definition) is 1. The van der Waals surface area contributed by atoms with Crippen molar-refractivity contribution in [3.8, 4) is 0 Å². The van der Waals surface area contributed by atoms with E-state index < -0.39 is 4.33 Å². The highest BCUT2D eigenvalue weighted by molar-refractivity contribution is 6.52. The second kappa shape index (κ2) is 5.70. The number of hydrogen-bond donors (Lipinski definition) is 1. The molecule has 0 saturated heterocycles. The predicted molar refractivity (Wildman–Crippen MR) is 85.4 cm³/mol. The first-order valence-electron chi connectivity index (χ1n) is 6.86. The van der Waals surface area contributed by atoms with Gasteiger partial charge < -0.3 is 5.32 Å². The molecule has 4 heteroatoms. The molecule has 108 valence electrons. The van der Waals surface area contributed by atoms with E-state index in [1.807, 2.05) is 60.7 Å². The van der Waals surface area contributed by atoms with Crippen molar-refractivity contribution in [2.24, 2.45) is 5.92 Å². The van der Waals surface area contributed by atoms with Crippen molar-refractivity contribution in [2.45, 2.75) is 16.8 Å². The van der Waals surface area contributed by atoms with Crippen molar-refractivity contribution in [2.75, 3.05) is 0 Å². The average molecular weight is 320 g/mol. The number of carbonyl (C=O) groups is 1. The number of benzene rings is 2. The standard InChI is InChI=1S/C17H15Cl2NO/c18-17(19)11-14(17)16(21)20-15(12-7-3-1-4-8-12)13-9-5-2-6-10-13/h1-10,14-15H,11H2,(H,20,21)/t14-/m1/s1. The van der Waals surface area contributed by atoms with Crippen LogP contribution in [0.15, 0.2) is 60.7 Å². The van der Waals surface area contributed by atoms with Crippen LogP contribution in [-0.2, 0) is 4.79 Å². The zero-order valence-electron chi connectivity index (χ0n) is 11.3. The van der Waals surface area contributed by atoms with Crippen molar-refractivity contribution in [1.29, 1.82) is 0 Å². The minimum atomic E-state index is -0.901. The van der Waals surface area contributed by atoms with Crippen LogP contribution in [0.4, 0.5) is 0 Å². The van der Waals surface area contributed by atoms with Crippen molar-refractivity contribution in [1.82, 2.24) is 5.32 Å². The molecule has 0 unspecified atom stereocenters. The maximum Gasteiger partial charge on any atom is 0.227 e. The SMILES string of the molecule is O=C(NC(c1ccccc1)c1ccccc1)[C@H]1CC1(Cl)Cl. The summed E-state index contributed by atoms with van der Waals surface area (Å²) >= 11 is 12.0. The van der Waals surface area contributed by atoms with E-state index in [9.17, 15) is 4.79 Å². The molecular weight excluding hydrogens is 305 g/mol. The first-order chi connectivity index (χ1) is 10.1. The molecular formula is C17H15Cl2NO. The number of alkyl halides is 2. The molecule has 3 rings (SSSR count). The van der Waals surface area contributed by atoms with E-state index in [1.54, 1.807) is 0 Å². The fourth-order valence-electron chi connectivity index (χ4n) is 2.39. The Morgan fingerprint density at radius 3 is 1.81 bits per heavy atom. The molecule has 0 aromatic heterocycles. The third kappa shape index (κ3) is 3.22. The summed E-state index contributed by atoms with van der Waals surface area (Å²) in [6.07, 6.45) is 0.512. The summed E-state index contributed by atoms with van der Waals surface area (Å²) in [6, 6.07) is 19.6. The van der Waals surface area contributed by atoms with Gasteiger partial charge in [-0.25, -0.2) is 0 Å². The van der Waals surface area contributed by atoms with E-state index in [0.717, 1.165) is 11.1 Å². The summed E-state index contributed by atoms with van der Waals surface area (Å²) in [5, 5.41) is 3.06. The largest absolute Gasteiger partial charge is 0.345 e. The van der Waals surface area contributed by atoms with Gasteiger partial charge in [0.15, 0.2) is 0 Å². The fraction of sp³-hybridized carbons (Fsp3) is 0.235. The van der Waals surface area contributed by atoms with Crippen LogP contribution in [0.2, 0.25) is 0 Å². The molecule has 0 bridgehead atoms. The summed E-state index contributed by atoms with van der Waals surface area (Å²) in [4.78, 5) is 12.3. The van der Waals surface area contributed by atoms with Gasteiger partial charge in [-0.15, -0.1) is 23.2 Å². The second-order valence-electron chi connectivity index (χ2n) is 5.28. The molecule has 1 saturated carbocycles. The van der Waals surface area contributed by atoms with E-state index in [2.05, 4.69) is 5.32 Å². The number of carbonyl (C=O) groups excluding carboxylic acids is 1. The molecule has 0 spiro atoms. The van der Waals surface area contributed by atoms with E-state index >= 15 is 0 Å². The third-order valence-electron chi connectivity index (χ3n) is 3.69. The van der Waals surface area contributed by atoms with Gasteiger partial charge >= 0.3 is 0 Å². The highest BCUT2D eigenvalue weighted by Crippen LogP contribution is 2.53. The van der Waals surface area contributed by atoms with Crippen molar-refractivity contribution in [3.63, 3.8) is 0 Å².